The average Bonchev–Trinajstić information content (AvgIpc) is 3.45. The molecular formula is C22H24F2N6O5S2. The summed E-state index contributed by atoms with van der Waals surface area (Å²) in [6.45, 7) is 0. The molecule has 2 aromatic carbocycles. The van der Waals surface area contributed by atoms with Crippen LogP contribution in [0.15, 0.2) is 48.8 Å². The maximum absolute atomic E-state index is 15.1. The molecular weight excluding hydrogens is 530 g/mol. The maximum atomic E-state index is 15.1. The highest BCUT2D eigenvalue weighted by molar-refractivity contribution is 7.87. The normalized spacial score (nSPS) is 12.3. The van der Waals surface area contributed by atoms with E-state index in [4.69, 9.17) is 0 Å². The van der Waals surface area contributed by atoms with Crippen molar-refractivity contribution in [1.29, 1.82) is 0 Å². The highest BCUT2D eigenvalue weighted by atomic mass is 32.2. The van der Waals surface area contributed by atoms with Crippen LogP contribution >= 0.6 is 0 Å². The van der Waals surface area contributed by atoms with Crippen molar-refractivity contribution in [2.75, 3.05) is 28.2 Å². The van der Waals surface area contributed by atoms with Crippen molar-refractivity contribution in [2.24, 2.45) is 0 Å². The van der Waals surface area contributed by atoms with Gasteiger partial charge in [-0.25, -0.2) is 17.7 Å². The zero-order valence-electron chi connectivity index (χ0n) is 20.2. The highest BCUT2D eigenvalue weighted by Gasteiger charge is 2.25. The highest BCUT2D eigenvalue weighted by Crippen LogP contribution is 2.31. The predicted molar refractivity (Wildman–Crippen MR) is 136 cm³/mol. The van der Waals surface area contributed by atoms with Crippen molar-refractivity contribution in [2.45, 2.75) is 0 Å². The molecule has 198 valence electrons. The summed E-state index contributed by atoms with van der Waals surface area (Å²) in [7, 11) is -2.58. The van der Waals surface area contributed by atoms with Crippen molar-refractivity contribution in [3.8, 4) is 11.4 Å². The Kier molecular flexibility index (Phi) is 8.24. The van der Waals surface area contributed by atoms with Gasteiger partial charge in [0, 0.05) is 37.4 Å². The summed E-state index contributed by atoms with van der Waals surface area (Å²) in [6.07, 6.45) is 5.24. The molecule has 0 fully saturated rings. The molecule has 2 aromatic heterocycles. The Morgan fingerprint density at radius 1 is 1.03 bits per heavy atom. The van der Waals surface area contributed by atoms with E-state index in [1.165, 1.54) is 69.0 Å². The summed E-state index contributed by atoms with van der Waals surface area (Å²) >= 11 is 0. The van der Waals surface area contributed by atoms with Gasteiger partial charge >= 0.3 is 20.5 Å². The average molecular weight is 555 g/mol. The topological polar surface area (TPSA) is 139 Å². The molecule has 0 spiro atoms. The molecule has 0 bridgehead atoms. The van der Waals surface area contributed by atoms with Crippen LogP contribution in [0.5, 0.6) is 0 Å². The molecule has 2 heterocycles. The van der Waals surface area contributed by atoms with E-state index >= 15 is 4.39 Å². The van der Waals surface area contributed by atoms with Gasteiger partial charge in [-0.05, 0) is 50.0 Å². The van der Waals surface area contributed by atoms with E-state index < -0.39 is 37.7 Å². The van der Waals surface area contributed by atoms with E-state index in [9.17, 15) is 25.8 Å². The molecule has 0 amide bonds. The molecule has 0 saturated carbocycles. The van der Waals surface area contributed by atoms with Gasteiger partial charge in [0.1, 0.15) is 11.3 Å². The Bertz CT molecular complexity index is 1660. The summed E-state index contributed by atoms with van der Waals surface area (Å²) < 4.78 is 88.6. The van der Waals surface area contributed by atoms with Crippen LogP contribution in [0.1, 0.15) is 11.3 Å². The number of hydrogen-bond acceptors (Lipinski definition) is 7. The van der Waals surface area contributed by atoms with Crippen molar-refractivity contribution in [3.63, 3.8) is 0 Å². The van der Waals surface area contributed by atoms with Crippen LogP contribution in [0.25, 0.3) is 34.4 Å². The fourth-order valence-electron chi connectivity index (χ4n) is 3.21. The van der Waals surface area contributed by atoms with Gasteiger partial charge in [0.25, 0.3) is 0 Å². The molecule has 0 aliphatic carbocycles. The number of fused-ring (bicyclic) bond motifs is 1. The van der Waals surface area contributed by atoms with Crippen molar-refractivity contribution in [1.82, 2.24) is 27.8 Å². The van der Waals surface area contributed by atoms with E-state index in [-0.39, 0.29) is 26.6 Å². The molecule has 0 saturated heterocycles. The Balaban J connectivity index is 0.00000121. The van der Waals surface area contributed by atoms with Crippen LogP contribution in [-0.2, 0) is 20.5 Å². The van der Waals surface area contributed by atoms with Gasteiger partial charge in [-0.1, -0.05) is 18.2 Å². The maximum Gasteiger partial charge on any atom is 0.379 e. The van der Waals surface area contributed by atoms with Gasteiger partial charge in [-0.2, -0.15) is 26.2 Å². The number of aromatic nitrogens is 4. The van der Waals surface area contributed by atoms with Crippen LogP contribution in [-0.4, -0.2) is 72.0 Å². The van der Waals surface area contributed by atoms with Crippen LogP contribution in [0.3, 0.4) is 0 Å². The molecule has 15 heteroatoms. The second-order valence-electron chi connectivity index (χ2n) is 7.78. The van der Waals surface area contributed by atoms with Crippen LogP contribution in [0.2, 0.25) is 0 Å². The first-order valence-electron chi connectivity index (χ1n) is 10.5. The van der Waals surface area contributed by atoms with Gasteiger partial charge in [0.05, 0.1) is 5.69 Å². The molecule has 4 rings (SSSR count). The third-order valence-corrected chi connectivity index (χ3v) is 7.24. The van der Waals surface area contributed by atoms with E-state index in [1.54, 1.807) is 0 Å². The van der Waals surface area contributed by atoms with Gasteiger partial charge in [0.15, 0.2) is 11.6 Å². The first-order chi connectivity index (χ1) is 17.3. The quantitative estimate of drug-likeness (QED) is 0.347. The smallest absolute Gasteiger partial charge is 0.323 e. The third-order valence-electron chi connectivity index (χ3n) is 4.83. The van der Waals surface area contributed by atoms with E-state index in [1.807, 2.05) is 14.1 Å². The number of hydrogen-bond donors (Lipinski definition) is 2. The molecule has 0 unspecified atom stereocenters. The fraction of sp³-hybridized carbons (Fsp3) is 0.182. The lowest BCUT2D eigenvalue weighted by atomic mass is 10.1. The third kappa shape index (κ3) is 5.91. The number of imidazole rings is 1. The SMILES string of the molecule is CN(C)S(=O)(=O)n1ccnc1-c1cc(F)c2c(c1)c(/C=C/c1ccc(F)cc1)nn2S(=O)(=O)O.CNC. The molecule has 0 atom stereocenters. The Morgan fingerprint density at radius 3 is 2.22 bits per heavy atom. The number of nitrogens with one attached hydrogen (secondary N) is 1. The minimum absolute atomic E-state index is 0.0201. The molecule has 4 aromatic rings. The van der Waals surface area contributed by atoms with Crippen molar-refractivity contribution >= 4 is 43.6 Å². The summed E-state index contributed by atoms with van der Waals surface area (Å²) in [6, 6.07) is 7.56. The molecule has 0 radical (unpaired) electrons. The lowest BCUT2D eigenvalue weighted by molar-refractivity contribution is 0.466. The number of nitrogens with zero attached hydrogens (tertiary/aromatic N) is 5. The minimum atomic E-state index is -4.97. The zero-order chi connectivity index (χ0) is 27.5. The zero-order valence-corrected chi connectivity index (χ0v) is 21.8. The summed E-state index contributed by atoms with van der Waals surface area (Å²) in [4.78, 5) is 4.01. The van der Waals surface area contributed by atoms with Crippen molar-refractivity contribution in [3.05, 3.63) is 71.7 Å². The van der Waals surface area contributed by atoms with Gasteiger partial charge in [-0.3, -0.25) is 4.55 Å². The molecule has 0 aliphatic rings. The van der Waals surface area contributed by atoms with Crippen LogP contribution < -0.4 is 5.32 Å². The van der Waals surface area contributed by atoms with Crippen LogP contribution in [0.4, 0.5) is 8.78 Å². The second-order valence-corrected chi connectivity index (χ2v) is 11.0. The Hall–Kier alpha value is -3.50. The van der Waals surface area contributed by atoms with Gasteiger partial charge in [0.2, 0.25) is 0 Å². The Morgan fingerprint density at radius 2 is 1.65 bits per heavy atom. The van der Waals surface area contributed by atoms with E-state index in [0.717, 1.165) is 14.3 Å². The fourth-order valence-corrected chi connectivity index (χ4v) is 4.75. The van der Waals surface area contributed by atoms with E-state index in [0.29, 0.717) is 5.56 Å². The van der Waals surface area contributed by atoms with Crippen LogP contribution in [0, 0.1) is 11.6 Å². The first kappa shape index (κ1) is 28.1. The van der Waals surface area contributed by atoms with E-state index in [2.05, 4.69) is 15.4 Å². The Labute approximate surface area is 212 Å². The lowest BCUT2D eigenvalue weighted by Gasteiger charge is -2.14. The molecule has 11 nitrogen and oxygen atoms in total. The number of rotatable bonds is 6. The molecule has 37 heavy (non-hydrogen) atoms. The number of halogens is 2. The van der Waals surface area contributed by atoms with Gasteiger partial charge in [-0.15, -0.1) is 4.09 Å². The largest absolute Gasteiger partial charge is 0.379 e. The predicted octanol–water partition coefficient (Wildman–Crippen LogP) is 2.49. The molecule has 0 aliphatic heterocycles. The minimum Gasteiger partial charge on any atom is -0.323 e. The molecule has 2 N–H and O–H groups in total. The second kappa shape index (κ2) is 10.9. The lowest BCUT2D eigenvalue weighted by Crippen LogP contribution is -2.28. The summed E-state index contributed by atoms with van der Waals surface area (Å²) in [5, 5.41) is 6.51. The van der Waals surface area contributed by atoms with Gasteiger partial charge < -0.3 is 5.32 Å². The summed E-state index contributed by atoms with van der Waals surface area (Å²) in [5.41, 5.74) is -0.0307. The summed E-state index contributed by atoms with van der Waals surface area (Å²) in [5.74, 6) is -1.66. The monoisotopic (exact) mass is 554 g/mol. The first-order valence-corrected chi connectivity index (χ1v) is 13.3. The van der Waals surface area contributed by atoms with Crippen molar-refractivity contribution < 1.29 is 30.2 Å². The number of benzene rings is 2. The standard InChI is InChI=1S/C20H17F2N5O5S2.C2H7N/c1-25(2)33(28,29)26-10-9-23-20(26)14-11-16-18(8-5-13-3-6-15(21)7-4-13)24-27(34(30,31)32)19(16)17(22)12-14;1-3-2/h3-12H,1-2H3,(H,30,31,32);3H,1-2H3/b8-5+;.